The predicted molar refractivity (Wildman–Crippen MR) is 64.1 cm³/mol. The highest BCUT2D eigenvalue weighted by Gasteiger charge is 2.16. The van der Waals surface area contributed by atoms with Crippen LogP contribution in [0.5, 0.6) is 5.75 Å². The van der Waals surface area contributed by atoms with E-state index in [1.165, 1.54) is 0 Å². The molecule has 0 bridgehead atoms. The van der Waals surface area contributed by atoms with Gasteiger partial charge in [-0.25, -0.2) is 4.79 Å². The maximum Gasteiger partial charge on any atom is 0.326 e. The van der Waals surface area contributed by atoms with Crippen LogP contribution < -0.4 is 10.4 Å². The summed E-state index contributed by atoms with van der Waals surface area (Å²) in [6.07, 6.45) is 0. The monoisotopic (exact) mass is 220 g/mol. The van der Waals surface area contributed by atoms with E-state index in [1.807, 2.05) is 32.9 Å². The highest BCUT2D eigenvalue weighted by Crippen LogP contribution is 2.27. The van der Waals surface area contributed by atoms with Crippen molar-refractivity contribution in [3.63, 3.8) is 0 Å². The molecule has 1 aromatic heterocycles. The standard InChI is InChI=1S/C10H10N2O2.C2H6/c1-6-4-7-9-8(5-6)14-3-2-12(9)10(13)11-7;1-2/h4-5H,2-3H2,1H3,(H,11,13);1-2H3. The number of hydrogen-bond donors (Lipinski definition) is 1. The molecule has 1 aliphatic rings. The maximum absolute atomic E-state index is 11.5. The Labute approximate surface area is 93.9 Å². The number of benzene rings is 1. The summed E-state index contributed by atoms with van der Waals surface area (Å²) in [4.78, 5) is 14.3. The molecule has 0 radical (unpaired) electrons. The number of nitrogens with one attached hydrogen (secondary N) is 1. The molecule has 0 saturated carbocycles. The summed E-state index contributed by atoms with van der Waals surface area (Å²) in [5, 5.41) is 0. The zero-order valence-electron chi connectivity index (χ0n) is 9.83. The SMILES string of the molecule is CC.Cc1cc2c3c(c1)[nH]c(=O)n3CCO2. The Kier molecular flexibility index (Phi) is 2.73. The number of ether oxygens (including phenoxy) is 1. The van der Waals surface area contributed by atoms with Crippen molar-refractivity contribution in [3.8, 4) is 5.75 Å². The first kappa shape index (κ1) is 10.8. The Morgan fingerprint density at radius 3 is 2.88 bits per heavy atom. The van der Waals surface area contributed by atoms with Gasteiger partial charge in [-0.3, -0.25) is 4.57 Å². The van der Waals surface area contributed by atoms with Crippen molar-refractivity contribution < 1.29 is 4.74 Å². The maximum atomic E-state index is 11.5. The van der Waals surface area contributed by atoms with Crippen molar-refractivity contribution in [3.05, 3.63) is 28.2 Å². The van der Waals surface area contributed by atoms with Crippen LogP contribution in [0.25, 0.3) is 11.0 Å². The number of aromatic amines is 1. The summed E-state index contributed by atoms with van der Waals surface area (Å²) < 4.78 is 7.24. The van der Waals surface area contributed by atoms with Gasteiger partial charge in [0.15, 0.2) is 0 Å². The number of rotatable bonds is 0. The smallest absolute Gasteiger partial charge is 0.326 e. The van der Waals surface area contributed by atoms with Crippen molar-refractivity contribution in [2.24, 2.45) is 0 Å². The Balaban J connectivity index is 0.000000457. The van der Waals surface area contributed by atoms with E-state index in [2.05, 4.69) is 4.98 Å². The second-order valence-electron chi connectivity index (χ2n) is 3.59. The van der Waals surface area contributed by atoms with Crippen LogP contribution in [0.1, 0.15) is 19.4 Å². The molecule has 0 spiro atoms. The molecule has 0 saturated heterocycles. The molecule has 2 heterocycles. The Bertz CT molecular complexity index is 566. The van der Waals surface area contributed by atoms with Gasteiger partial charge < -0.3 is 9.72 Å². The van der Waals surface area contributed by atoms with Gasteiger partial charge in [0.25, 0.3) is 0 Å². The fourth-order valence-electron chi connectivity index (χ4n) is 1.97. The van der Waals surface area contributed by atoms with Crippen LogP contribution in [0.15, 0.2) is 16.9 Å². The summed E-state index contributed by atoms with van der Waals surface area (Å²) in [7, 11) is 0. The second-order valence-corrected chi connectivity index (χ2v) is 3.59. The quantitative estimate of drug-likeness (QED) is 0.738. The van der Waals surface area contributed by atoms with Gasteiger partial charge >= 0.3 is 5.69 Å². The minimum Gasteiger partial charge on any atom is -0.489 e. The van der Waals surface area contributed by atoms with Crippen LogP contribution in [0.2, 0.25) is 0 Å². The first-order chi connectivity index (χ1) is 7.75. The molecule has 1 N–H and O–H groups in total. The lowest BCUT2D eigenvalue weighted by molar-refractivity contribution is 0.284. The van der Waals surface area contributed by atoms with E-state index in [-0.39, 0.29) is 5.69 Å². The molecule has 4 nitrogen and oxygen atoms in total. The van der Waals surface area contributed by atoms with Crippen LogP contribution in [0, 0.1) is 6.92 Å². The molecule has 1 aromatic carbocycles. The number of H-pyrrole nitrogens is 1. The first-order valence-electron chi connectivity index (χ1n) is 5.62. The van der Waals surface area contributed by atoms with Crippen LogP contribution in [-0.4, -0.2) is 16.2 Å². The molecule has 4 heteroatoms. The van der Waals surface area contributed by atoms with E-state index >= 15 is 0 Å². The predicted octanol–water partition coefficient (Wildman–Crippen LogP) is 2.06. The molecule has 2 aromatic rings. The van der Waals surface area contributed by atoms with Gasteiger partial charge in [-0.1, -0.05) is 13.8 Å². The van der Waals surface area contributed by atoms with Gasteiger partial charge in [0.05, 0.1) is 12.1 Å². The molecule has 86 valence electrons. The average Bonchev–Trinajstić information content (AvgIpc) is 2.60. The average molecular weight is 220 g/mol. The molecule has 16 heavy (non-hydrogen) atoms. The van der Waals surface area contributed by atoms with Gasteiger partial charge in [-0.2, -0.15) is 0 Å². The molecular formula is C12H16N2O2. The largest absolute Gasteiger partial charge is 0.489 e. The van der Waals surface area contributed by atoms with Gasteiger partial charge in [0.1, 0.15) is 17.9 Å². The molecule has 0 atom stereocenters. The van der Waals surface area contributed by atoms with Crippen molar-refractivity contribution in [1.82, 2.24) is 9.55 Å². The van der Waals surface area contributed by atoms with Gasteiger partial charge in [-0.15, -0.1) is 0 Å². The fraction of sp³-hybridized carbons (Fsp3) is 0.417. The van der Waals surface area contributed by atoms with Crippen molar-refractivity contribution in [2.75, 3.05) is 6.61 Å². The van der Waals surface area contributed by atoms with E-state index < -0.39 is 0 Å². The molecular weight excluding hydrogens is 204 g/mol. The third-order valence-electron chi connectivity index (χ3n) is 2.55. The van der Waals surface area contributed by atoms with Gasteiger partial charge in [-0.05, 0) is 24.6 Å². The highest BCUT2D eigenvalue weighted by molar-refractivity contribution is 5.83. The molecule has 0 fully saturated rings. The molecule has 3 rings (SSSR count). The molecule has 0 unspecified atom stereocenters. The number of imidazole rings is 1. The van der Waals surface area contributed by atoms with Crippen LogP contribution in [0.4, 0.5) is 0 Å². The lowest BCUT2D eigenvalue weighted by Crippen LogP contribution is -2.23. The summed E-state index contributed by atoms with van der Waals surface area (Å²) >= 11 is 0. The highest BCUT2D eigenvalue weighted by atomic mass is 16.5. The number of hydrogen-bond acceptors (Lipinski definition) is 2. The zero-order valence-corrected chi connectivity index (χ0v) is 9.83. The normalized spacial score (nSPS) is 12.9. The Morgan fingerprint density at radius 1 is 1.38 bits per heavy atom. The van der Waals surface area contributed by atoms with E-state index in [0.717, 1.165) is 22.3 Å². The van der Waals surface area contributed by atoms with E-state index in [1.54, 1.807) is 4.57 Å². The summed E-state index contributed by atoms with van der Waals surface area (Å²) in [6.45, 7) is 7.20. The van der Waals surface area contributed by atoms with Crippen LogP contribution >= 0.6 is 0 Å². The summed E-state index contributed by atoms with van der Waals surface area (Å²) in [6, 6.07) is 3.93. The van der Waals surface area contributed by atoms with E-state index in [0.29, 0.717) is 13.2 Å². The van der Waals surface area contributed by atoms with Crippen molar-refractivity contribution in [2.45, 2.75) is 27.3 Å². The number of nitrogens with zero attached hydrogens (tertiary/aromatic N) is 1. The van der Waals surface area contributed by atoms with Crippen LogP contribution in [-0.2, 0) is 6.54 Å². The molecule has 0 amide bonds. The van der Waals surface area contributed by atoms with Gasteiger partial charge in [0.2, 0.25) is 0 Å². The first-order valence-corrected chi connectivity index (χ1v) is 5.62. The Morgan fingerprint density at radius 2 is 2.12 bits per heavy atom. The zero-order chi connectivity index (χ0) is 11.7. The Hall–Kier alpha value is -1.71. The number of aryl methyl sites for hydroxylation is 1. The third kappa shape index (κ3) is 1.50. The van der Waals surface area contributed by atoms with E-state index in [9.17, 15) is 4.79 Å². The summed E-state index contributed by atoms with van der Waals surface area (Å²) in [5.74, 6) is 0.810. The van der Waals surface area contributed by atoms with Gasteiger partial charge in [0, 0.05) is 0 Å². The minimum atomic E-state index is -0.0462. The molecule has 0 aliphatic carbocycles. The minimum absolute atomic E-state index is 0.0462. The summed E-state index contributed by atoms with van der Waals surface area (Å²) in [5.41, 5.74) is 2.81. The van der Waals surface area contributed by atoms with Crippen molar-refractivity contribution in [1.29, 1.82) is 0 Å². The second kappa shape index (κ2) is 4.04. The number of aromatic nitrogens is 2. The van der Waals surface area contributed by atoms with Crippen LogP contribution in [0.3, 0.4) is 0 Å². The lowest BCUT2D eigenvalue weighted by atomic mass is 10.2. The topological polar surface area (TPSA) is 47.0 Å². The fourth-order valence-corrected chi connectivity index (χ4v) is 1.97. The van der Waals surface area contributed by atoms with Crippen molar-refractivity contribution >= 4 is 11.0 Å². The van der Waals surface area contributed by atoms with E-state index in [4.69, 9.17) is 4.74 Å². The lowest BCUT2D eigenvalue weighted by Gasteiger charge is -2.15. The third-order valence-corrected chi connectivity index (χ3v) is 2.55. The molecule has 1 aliphatic heterocycles.